The van der Waals surface area contributed by atoms with Crippen LogP contribution in [0.15, 0.2) is 103 Å². The second-order valence-corrected chi connectivity index (χ2v) is 21.9. The summed E-state index contributed by atoms with van der Waals surface area (Å²) in [4.78, 5) is 59.7. The van der Waals surface area contributed by atoms with Crippen molar-refractivity contribution in [1.29, 1.82) is 0 Å². The van der Waals surface area contributed by atoms with Gasteiger partial charge in [-0.1, -0.05) is 54.6 Å². The summed E-state index contributed by atoms with van der Waals surface area (Å²) in [5.41, 5.74) is 6.83. The number of nitrogens with zero attached hydrogens (tertiary/aromatic N) is 8. The molecular formula is C58H68N10O4. The number of nitrogens with one attached hydrogen (secondary N) is 2. The first-order valence-electron chi connectivity index (χ1n) is 25.9. The van der Waals surface area contributed by atoms with E-state index >= 15 is 0 Å². The fourth-order valence-electron chi connectivity index (χ4n) is 9.97. The molecule has 0 saturated heterocycles. The highest BCUT2D eigenvalue weighted by molar-refractivity contribution is 5.76. The van der Waals surface area contributed by atoms with Gasteiger partial charge in [0.2, 0.25) is 0 Å². The fourth-order valence-corrected chi connectivity index (χ4v) is 9.97. The molecule has 4 aromatic heterocycles. The Kier molecular flexibility index (Phi) is 14.2. The van der Waals surface area contributed by atoms with Gasteiger partial charge in [0.25, 0.3) is 0 Å². The van der Waals surface area contributed by atoms with Crippen molar-refractivity contribution in [1.82, 2.24) is 29.9 Å². The molecule has 6 heterocycles. The van der Waals surface area contributed by atoms with Crippen molar-refractivity contribution in [2.24, 2.45) is 34.5 Å². The summed E-state index contributed by atoms with van der Waals surface area (Å²) in [6.07, 6.45) is 9.80. The lowest BCUT2D eigenvalue weighted by Gasteiger charge is -2.23. The molecule has 0 radical (unpaired) electrons. The number of pyridine rings is 2. The van der Waals surface area contributed by atoms with Crippen molar-refractivity contribution in [3.63, 3.8) is 0 Å². The maximum atomic E-state index is 13.7. The zero-order valence-electron chi connectivity index (χ0n) is 42.4. The van der Waals surface area contributed by atoms with Crippen LogP contribution in [0.3, 0.4) is 0 Å². The molecule has 2 saturated carbocycles. The molecule has 6 aromatic rings. The van der Waals surface area contributed by atoms with Crippen LogP contribution in [0.1, 0.15) is 75.3 Å². The summed E-state index contributed by atoms with van der Waals surface area (Å²) in [6, 6.07) is 31.1. The summed E-state index contributed by atoms with van der Waals surface area (Å²) < 4.78 is 11.7. The highest BCUT2D eigenvalue weighted by atomic mass is 16.5. The third-order valence-corrected chi connectivity index (χ3v) is 14.8. The molecule has 4 aliphatic rings. The third kappa shape index (κ3) is 12.0. The Hall–Kier alpha value is -6.96. The molecule has 2 aliphatic carbocycles. The zero-order chi connectivity index (χ0) is 49.8. The van der Waals surface area contributed by atoms with E-state index in [9.17, 15) is 9.59 Å². The van der Waals surface area contributed by atoms with E-state index in [0.717, 1.165) is 118 Å². The van der Waals surface area contributed by atoms with E-state index in [4.69, 9.17) is 29.4 Å². The number of fused-ring (bicyclic) bond motifs is 2. The van der Waals surface area contributed by atoms with Crippen LogP contribution in [0.4, 0.5) is 23.3 Å². The maximum absolute atomic E-state index is 13.7. The van der Waals surface area contributed by atoms with Gasteiger partial charge >= 0.3 is 11.9 Å². The normalized spacial score (nSPS) is 19.5. The third-order valence-electron chi connectivity index (χ3n) is 14.8. The van der Waals surface area contributed by atoms with Crippen molar-refractivity contribution >= 4 is 35.2 Å². The number of benzene rings is 2. The molecule has 14 nitrogen and oxygen atoms in total. The van der Waals surface area contributed by atoms with Crippen LogP contribution in [-0.2, 0) is 51.2 Å². The molecule has 72 heavy (non-hydrogen) atoms. The van der Waals surface area contributed by atoms with Crippen LogP contribution < -0.4 is 20.4 Å². The standard InChI is InChI=1S/C58H68N10O4/c1-57(2,3)55(69)71-36-45-29-43(45)34-61-50-32-52(66-54(64-50)48-15-9-11-23-60-48)68-26-20-41-17-16-38(28-42(41)21-27-68)33-58(4,5)56(70)72-37-46-30-44(46)35-62-49-31-51(65-53(63-49)47-14-8-10-22-59-47)67-24-18-39-12-6-7-13-40(39)19-25-67/h6-17,22-23,28,31-32,43-46H,18-21,24-27,29-30,33-37H2,1-5H3,(H,61,64,66)(H,62,63,65). The molecule has 2 aromatic carbocycles. The number of hydrogen-bond donors (Lipinski definition) is 2. The van der Waals surface area contributed by atoms with E-state index in [-0.39, 0.29) is 11.9 Å². The Morgan fingerprint density at radius 2 is 1.03 bits per heavy atom. The first kappa shape index (κ1) is 48.7. The van der Waals surface area contributed by atoms with Crippen LogP contribution in [0.5, 0.6) is 0 Å². The molecule has 2 fully saturated rings. The van der Waals surface area contributed by atoms with Crippen molar-refractivity contribution in [3.05, 3.63) is 131 Å². The number of carbonyl (C=O) groups excluding carboxylic acids is 2. The summed E-state index contributed by atoms with van der Waals surface area (Å²) in [5, 5.41) is 7.19. The van der Waals surface area contributed by atoms with Crippen molar-refractivity contribution in [2.75, 3.05) is 72.9 Å². The van der Waals surface area contributed by atoms with Gasteiger partial charge in [-0.05, 0) is 155 Å². The first-order chi connectivity index (χ1) is 34.8. The Balaban J connectivity index is 0.720. The predicted octanol–water partition coefficient (Wildman–Crippen LogP) is 9.10. The summed E-state index contributed by atoms with van der Waals surface area (Å²) in [6.45, 7) is 15.3. The summed E-state index contributed by atoms with van der Waals surface area (Å²) in [5.74, 6) is 5.61. The second kappa shape index (κ2) is 21.0. The van der Waals surface area contributed by atoms with E-state index in [2.05, 4.69) is 78.9 Å². The molecule has 374 valence electrons. The number of aromatic nitrogens is 6. The molecule has 4 unspecified atom stereocenters. The van der Waals surface area contributed by atoms with E-state index in [0.29, 0.717) is 55.0 Å². The van der Waals surface area contributed by atoms with E-state index in [1.54, 1.807) is 12.4 Å². The topological polar surface area (TPSA) is 160 Å². The van der Waals surface area contributed by atoms with E-state index < -0.39 is 10.8 Å². The summed E-state index contributed by atoms with van der Waals surface area (Å²) in [7, 11) is 0. The second-order valence-electron chi connectivity index (χ2n) is 21.9. The van der Waals surface area contributed by atoms with E-state index in [1.165, 1.54) is 22.3 Å². The van der Waals surface area contributed by atoms with Gasteiger partial charge in [0.1, 0.15) is 34.7 Å². The number of esters is 2. The number of rotatable bonds is 17. The van der Waals surface area contributed by atoms with Crippen molar-refractivity contribution < 1.29 is 19.1 Å². The first-order valence-corrected chi connectivity index (χ1v) is 25.9. The van der Waals surface area contributed by atoms with Gasteiger partial charge in [0.15, 0.2) is 11.6 Å². The van der Waals surface area contributed by atoms with Gasteiger partial charge in [0, 0.05) is 63.8 Å². The average molecular weight is 969 g/mol. The summed E-state index contributed by atoms with van der Waals surface area (Å²) >= 11 is 0. The number of ether oxygens (including phenoxy) is 2. The Morgan fingerprint density at radius 1 is 0.556 bits per heavy atom. The monoisotopic (exact) mass is 969 g/mol. The molecule has 0 amide bonds. The average Bonchev–Trinajstić information content (AvgIpc) is 4.33. The van der Waals surface area contributed by atoms with Gasteiger partial charge < -0.3 is 29.9 Å². The van der Waals surface area contributed by atoms with E-state index in [1.807, 2.05) is 77.1 Å². The van der Waals surface area contributed by atoms with Crippen LogP contribution in [0.2, 0.25) is 0 Å². The highest BCUT2D eigenvalue weighted by Gasteiger charge is 2.40. The lowest BCUT2D eigenvalue weighted by molar-refractivity contribution is -0.154. The molecule has 2 N–H and O–H groups in total. The van der Waals surface area contributed by atoms with Gasteiger partial charge in [-0.15, -0.1) is 0 Å². The van der Waals surface area contributed by atoms with Gasteiger partial charge in [-0.2, -0.15) is 0 Å². The minimum atomic E-state index is -0.689. The Labute approximate surface area is 423 Å². The fraction of sp³-hybridized carbons (Fsp3) is 0.448. The molecule has 14 heteroatoms. The molecule has 4 atom stereocenters. The molecule has 2 aliphatic heterocycles. The lowest BCUT2D eigenvalue weighted by atomic mass is 9.84. The van der Waals surface area contributed by atoms with Crippen LogP contribution in [0, 0.1) is 34.5 Å². The smallest absolute Gasteiger partial charge is 0.311 e. The minimum absolute atomic E-state index is 0.161. The maximum Gasteiger partial charge on any atom is 0.311 e. The van der Waals surface area contributed by atoms with Crippen molar-refractivity contribution in [3.8, 4) is 23.0 Å². The quantitative estimate of drug-likeness (QED) is 0.0833. The van der Waals surface area contributed by atoms with Crippen LogP contribution >= 0.6 is 0 Å². The SMILES string of the molecule is CC(C)(C)C(=O)OCC1CC1CNc1cc(N2CCc3ccc(CC(C)(C)C(=O)OCC4CC4CNc4cc(N5CCc6ccccc6CC5)nc(-c5ccccn5)n4)cc3CC2)nc(-c2ccccn2)n1. The largest absolute Gasteiger partial charge is 0.465 e. The van der Waals surface area contributed by atoms with Gasteiger partial charge in [-0.25, -0.2) is 19.9 Å². The van der Waals surface area contributed by atoms with Crippen molar-refractivity contribution in [2.45, 2.75) is 79.6 Å². The van der Waals surface area contributed by atoms with Gasteiger partial charge in [0.05, 0.1) is 24.0 Å². The highest BCUT2D eigenvalue weighted by Crippen LogP contribution is 2.41. The number of anilines is 4. The molecule has 0 bridgehead atoms. The van der Waals surface area contributed by atoms with Crippen LogP contribution in [0.25, 0.3) is 23.0 Å². The van der Waals surface area contributed by atoms with Gasteiger partial charge in [-0.3, -0.25) is 19.6 Å². The number of hydrogen-bond acceptors (Lipinski definition) is 14. The predicted molar refractivity (Wildman–Crippen MR) is 282 cm³/mol. The molecular weight excluding hydrogens is 901 g/mol. The number of carbonyl (C=O) groups is 2. The molecule has 10 rings (SSSR count). The molecule has 0 spiro atoms. The lowest BCUT2D eigenvalue weighted by Crippen LogP contribution is -2.30. The Bertz CT molecular complexity index is 2850. The zero-order valence-corrected chi connectivity index (χ0v) is 42.4. The van der Waals surface area contributed by atoms with Crippen LogP contribution in [-0.4, -0.2) is 94.3 Å². The Morgan fingerprint density at radius 3 is 1.51 bits per heavy atom. The minimum Gasteiger partial charge on any atom is -0.465 e.